The zero-order valence-corrected chi connectivity index (χ0v) is 9.93. The fraction of sp³-hybridized carbons (Fsp3) is 0.462. The van der Waals surface area contributed by atoms with E-state index in [1.165, 1.54) is 12.1 Å². The summed E-state index contributed by atoms with van der Waals surface area (Å²) in [4.78, 5) is 0. The van der Waals surface area contributed by atoms with Crippen LogP contribution in [0, 0.1) is 16.7 Å². The van der Waals surface area contributed by atoms with Crippen molar-refractivity contribution in [1.29, 1.82) is 5.26 Å². The van der Waals surface area contributed by atoms with Gasteiger partial charge in [-0.3, -0.25) is 0 Å². The molecule has 1 fully saturated rings. The van der Waals surface area contributed by atoms with Gasteiger partial charge in [-0.05, 0) is 36.5 Å². The van der Waals surface area contributed by atoms with E-state index < -0.39 is 11.7 Å². The van der Waals surface area contributed by atoms with E-state index in [4.69, 9.17) is 5.26 Å². The number of benzene rings is 1. The normalized spacial score (nSPS) is 17.1. The fourth-order valence-electron chi connectivity index (χ4n) is 1.70. The van der Waals surface area contributed by atoms with E-state index in [9.17, 15) is 13.2 Å². The van der Waals surface area contributed by atoms with E-state index in [0.29, 0.717) is 5.69 Å². The number of hydrogen-bond donors (Lipinski definition) is 1. The summed E-state index contributed by atoms with van der Waals surface area (Å²) in [6.07, 6.45) is -2.22. The molecular weight excluding hydrogens is 241 g/mol. The number of anilines is 1. The Morgan fingerprint density at radius 3 is 2.56 bits per heavy atom. The lowest BCUT2D eigenvalue weighted by molar-refractivity contribution is -0.137. The summed E-state index contributed by atoms with van der Waals surface area (Å²) < 4.78 is 37.7. The Labute approximate surface area is 103 Å². The molecule has 0 radical (unpaired) electrons. The Kier molecular flexibility index (Phi) is 2.97. The van der Waals surface area contributed by atoms with Crippen LogP contribution in [0.15, 0.2) is 18.2 Å². The highest BCUT2D eigenvalue weighted by molar-refractivity contribution is 5.53. The average molecular weight is 254 g/mol. The Morgan fingerprint density at radius 1 is 1.39 bits per heavy atom. The molecule has 5 heteroatoms. The molecule has 1 aromatic carbocycles. The molecule has 1 aliphatic carbocycles. The monoisotopic (exact) mass is 254 g/mol. The SMILES string of the molecule is CC1(CNc2ccc(C(F)(F)F)c(C#N)c2)CC1. The summed E-state index contributed by atoms with van der Waals surface area (Å²) in [5.41, 5.74) is -0.399. The molecule has 1 aromatic rings. The van der Waals surface area contributed by atoms with Crippen molar-refractivity contribution >= 4 is 5.69 Å². The molecule has 0 bridgehead atoms. The molecular formula is C13H13F3N2. The van der Waals surface area contributed by atoms with Crippen LogP contribution in [0.2, 0.25) is 0 Å². The first-order valence-electron chi connectivity index (χ1n) is 5.69. The second-order valence-electron chi connectivity index (χ2n) is 5.03. The van der Waals surface area contributed by atoms with Crippen molar-refractivity contribution in [2.75, 3.05) is 11.9 Å². The van der Waals surface area contributed by atoms with Gasteiger partial charge in [-0.25, -0.2) is 0 Å². The van der Waals surface area contributed by atoms with Gasteiger partial charge in [0.15, 0.2) is 0 Å². The minimum Gasteiger partial charge on any atom is -0.384 e. The third-order valence-corrected chi connectivity index (χ3v) is 3.27. The number of rotatable bonds is 3. The van der Waals surface area contributed by atoms with Crippen LogP contribution in [0.25, 0.3) is 0 Å². The highest BCUT2D eigenvalue weighted by Gasteiger charge is 2.37. The molecule has 2 rings (SSSR count). The third kappa shape index (κ3) is 2.76. The molecule has 96 valence electrons. The van der Waals surface area contributed by atoms with Crippen molar-refractivity contribution in [3.63, 3.8) is 0 Å². The lowest BCUT2D eigenvalue weighted by Crippen LogP contribution is -2.13. The number of halogens is 3. The second-order valence-corrected chi connectivity index (χ2v) is 5.03. The van der Waals surface area contributed by atoms with Gasteiger partial charge in [0.05, 0.1) is 17.2 Å². The van der Waals surface area contributed by atoms with Crippen molar-refractivity contribution < 1.29 is 13.2 Å². The van der Waals surface area contributed by atoms with Crippen LogP contribution in [0.3, 0.4) is 0 Å². The highest BCUT2D eigenvalue weighted by Crippen LogP contribution is 2.44. The highest BCUT2D eigenvalue weighted by atomic mass is 19.4. The van der Waals surface area contributed by atoms with Crippen LogP contribution < -0.4 is 5.32 Å². The van der Waals surface area contributed by atoms with Gasteiger partial charge >= 0.3 is 6.18 Å². The summed E-state index contributed by atoms with van der Waals surface area (Å²) >= 11 is 0. The van der Waals surface area contributed by atoms with Gasteiger partial charge in [0.25, 0.3) is 0 Å². The average Bonchev–Trinajstić information content (AvgIpc) is 3.04. The van der Waals surface area contributed by atoms with E-state index >= 15 is 0 Å². The van der Waals surface area contributed by atoms with E-state index in [2.05, 4.69) is 12.2 Å². The Bertz CT molecular complexity index is 496. The Balaban J connectivity index is 2.17. The van der Waals surface area contributed by atoms with Gasteiger partial charge in [-0.15, -0.1) is 0 Å². The minimum atomic E-state index is -4.48. The second kappa shape index (κ2) is 4.20. The lowest BCUT2D eigenvalue weighted by Gasteiger charge is -2.14. The fourth-order valence-corrected chi connectivity index (χ4v) is 1.70. The Hall–Kier alpha value is -1.70. The zero-order chi connectivity index (χ0) is 13.4. The van der Waals surface area contributed by atoms with Crippen molar-refractivity contribution in [1.82, 2.24) is 0 Å². The molecule has 0 aromatic heterocycles. The van der Waals surface area contributed by atoms with Gasteiger partial charge in [-0.2, -0.15) is 18.4 Å². The van der Waals surface area contributed by atoms with Crippen LogP contribution in [-0.4, -0.2) is 6.54 Å². The smallest absolute Gasteiger partial charge is 0.384 e. The molecule has 0 spiro atoms. The van der Waals surface area contributed by atoms with E-state index in [1.54, 1.807) is 6.07 Å². The number of nitrogens with one attached hydrogen (secondary N) is 1. The van der Waals surface area contributed by atoms with Crippen LogP contribution in [-0.2, 0) is 6.18 Å². The molecule has 0 heterocycles. The van der Waals surface area contributed by atoms with E-state index in [0.717, 1.165) is 25.5 Å². The summed E-state index contributed by atoms with van der Waals surface area (Å²) in [6.45, 7) is 2.85. The first-order valence-corrected chi connectivity index (χ1v) is 5.69. The number of alkyl halides is 3. The quantitative estimate of drug-likeness (QED) is 0.890. The molecule has 18 heavy (non-hydrogen) atoms. The maximum Gasteiger partial charge on any atom is 0.417 e. The topological polar surface area (TPSA) is 35.8 Å². The molecule has 0 unspecified atom stereocenters. The lowest BCUT2D eigenvalue weighted by atomic mass is 10.1. The first-order chi connectivity index (χ1) is 8.34. The first kappa shape index (κ1) is 12.7. The summed E-state index contributed by atoms with van der Waals surface area (Å²) in [7, 11) is 0. The molecule has 0 atom stereocenters. The van der Waals surface area contributed by atoms with Gasteiger partial charge in [0.2, 0.25) is 0 Å². The standard InChI is InChI=1S/C13H13F3N2/c1-12(4-5-12)8-18-10-2-3-11(13(14,15)16)9(6-10)7-17/h2-3,6,18H,4-5,8H2,1H3. The predicted molar refractivity (Wildman–Crippen MR) is 62.0 cm³/mol. The van der Waals surface area contributed by atoms with Gasteiger partial charge in [0, 0.05) is 12.2 Å². The zero-order valence-electron chi connectivity index (χ0n) is 9.93. The van der Waals surface area contributed by atoms with E-state index in [1.807, 2.05) is 0 Å². The predicted octanol–water partition coefficient (Wildman–Crippen LogP) is 3.79. The maximum absolute atomic E-state index is 12.6. The summed E-state index contributed by atoms with van der Waals surface area (Å²) in [5, 5.41) is 11.9. The molecule has 1 saturated carbocycles. The summed E-state index contributed by atoms with van der Waals surface area (Å²) in [5.74, 6) is 0. The molecule has 0 amide bonds. The van der Waals surface area contributed by atoms with Crippen LogP contribution in [0.1, 0.15) is 30.9 Å². The van der Waals surface area contributed by atoms with E-state index in [-0.39, 0.29) is 11.0 Å². The molecule has 1 N–H and O–H groups in total. The van der Waals surface area contributed by atoms with Crippen molar-refractivity contribution in [3.8, 4) is 6.07 Å². The van der Waals surface area contributed by atoms with Crippen molar-refractivity contribution in [3.05, 3.63) is 29.3 Å². The summed E-state index contributed by atoms with van der Waals surface area (Å²) in [6, 6.07) is 5.18. The maximum atomic E-state index is 12.6. The minimum absolute atomic E-state index is 0.259. The molecule has 0 aliphatic heterocycles. The molecule has 1 aliphatic rings. The molecule has 0 saturated heterocycles. The van der Waals surface area contributed by atoms with Crippen LogP contribution in [0.4, 0.5) is 18.9 Å². The largest absolute Gasteiger partial charge is 0.417 e. The van der Waals surface area contributed by atoms with Crippen LogP contribution >= 0.6 is 0 Å². The van der Waals surface area contributed by atoms with Crippen LogP contribution in [0.5, 0.6) is 0 Å². The van der Waals surface area contributed by atoms with Gasteiger partial charge in [0.1, 0.15) is 0 Å². The number of nitrogens with zero attached hydrogens (tertiary/aromatic N) is 1. The van der Waals surface area contributed by atoms with Crippen molar-refractivity contribution in [2.24, 2.45) is 5.41 Å². The molecule has 2 nitrogen and oxygen atoms in total. The Morgan fingerprint density at radius 2 is 2.06 bits per heavy atom. The number of nitriles is 1. The van der Waals surface area contributed by atoms with Gasteiger partial charge < -0.3 is 5.32 Å². The van der Waals surface area contributed by atoms with Crippen molar-refractivity contribution in [2.45, 2.75) is 25.9 Å². The van der Waals surface area contributed by atoms with Gasteiger partial charge in [-0.1, -0.05) is 6.92 Å². The number of hydrogen-bond acceptors (Lipinski definition) is 2. The third-order valence-electron chi connectivity index (χ3n) is 3.27.